The van der Waals surface area contributed by atoms with Gasteiger partial charge < -0.3 is 15.2 Å². The van der Waals surface area contributed by atoms with Gasteiger partial charge in [0, 0.05) is 18.2 Å². The Kier molecular flexibility index (Phi) is 5.29. The third kappa shape index (κ3) is 4.57. The lowest BCUT2D eigenvalue weighted by Gasteiger charge is -2.16. The largest absolute Gasteiger partial charge is 0.481 e. The van der Waals surface area contributed by atoms with Crippen LogP contribution in [-0.4, -0.2) is 30.2 Å². The summed E-state index contributed by atoms with van der Waals surface area (Å²) in [5.41, 5.74) is 0.510. The summed E-state index contributed by atoms with van der Waals surface area (Å²) >= 11 is 0. The predicted octanol–water partition coefficient (Wildman–Crippen LogP) is 2.28. The number of esters is 1. The van der Waals surface area contributed by atoms with Gasteiger partial charge in [0.1, 0.15) is 5.82 Å². The molecule has 0 aliphatic carbocycles. The lowest BCUT2D eigenvalue weighted by Crippen LogP contribution is -2.19. The molecule has 19 heavy (non-hydrogen) atoms. The fraction of sp³-hybridized carbons (Fsp3) is 0.385. The number of benzene rings is 1. The third-order valence-electron chi connectivity index (χ3n) is 2.58. The SMILES string of the molecule is COC(=O)c1cc(F)ccc1NC(C)CCC(=O)O. The molecule has 0 spiro atoms. The van der Waals surface area contributed by atoms with Crippen LogP contribution in [0.5, 0.6) is 0 Å². The molecule has 0 bridgehead atoms. The van der Waals surface area contributed by atoms with Crippen molar-refractivity contribution < 1.29 is 23.8 Å². The van der Waals surface area contributed by atoms with Crippen molar-refractivity contribution in [2.24, 2.45) is 0 Å². The molecule has 0 fully saturated rings. The number of halogens is 1. The van der Waals surface area contributed by atoms with Crippen molar-refractivity contribution in [1.82, 2.24) is 0 Å². The second-order valence-corrected chi connectivity index (χ2v) is 4.16. The van der Waals surface area contributed by atoms with E-state index >= 15 is 0 Å². The van der Waals surface area contributed by atoms with Crippen molar-refractivity contribution in [3.8, 4) is 0 Å². The summed E-state index contributed by atoms with van der Waals surface area (Å²) in [6.07, 6.45) is 0.413. The highest BCUT2D eigenvalue weighted by Gasteiger charge is 2.15. The average molecular weight is 269 g/mol. The first-order valence-electron chi connectivity index (χ1n) is 5.80. The van der Waals surface area contributed by atoms with E-state index in [2.05, 4.69) is 10.1 Å². The molecule has 0 saturated heterocycles. The van der Waals surface area contributed by atoms with Crippen molar-refractivity contribution in [3.63, 3.8) is 0 Å². The van der Waals surface area contributed by atoms with Gasteiger partial charge in [0.25, 0.3) is 0 Å². The minimum absolute atomic E-state index is 0.0168. The summed E-state index contributed by atoms with van der Waals surface area (Å²) < 4.78 is 17.7. The molecular formula is C13H16FNO4. The normalized spacial score (nSPS) is 11.7. The Bertz CT molecular complexity index is 476. The molecule has 1 aromatic carbocycles. The van der Waals surface area contributed by atoms with Gasteiger partial charge in [0.05, 0.1) is 12.7 Å². The molecule has 0 amide bonds. The summed E-state index contributed by atoms with van der Waals surface area (Å²) in [4.78, 5) is 22.0. The number of hydrogen-bond donors (Lipinski definition) is 2. The van der Waals surface area contributed by atoms with Gasteiger partial charge in [-0.1, -0.05) is 0 Å². The van der Waals surface area contributed by atoms with Crippen LogP contribution in [-0.2, 0) is 9.53 Å². The van der Waals surface area contributed by atoms with E-state index in [0.29, 0.717) is 12.1 Å². The van der Waals surface area contributed by atoms with E-state index < -0.39 is 17.8 Å². The van der Waals surface area contributed by atoms with E-state index in [-0.39, 0.29) is 18.0 Å². The first-order chi connectivity index (χ1) is 8.93. The second-order valence-electron chi connectivity index (χ2n) is 4.16. The maximum atomic E-state index is 13.1. The highest BCUT2D eigenvalue weighted by Crippen LogP contribution is 2.20. The number of anilines is 1. The third-order valence-corrected chi connectivity index (χ3v) is 2.58. The molecule has 0 aromatic heterocycles. The van der Waals surface area contributed by atoms with Gasteiger partial charge in [-0.3, -0.25) is 4.79 Å². The van der Waals surface area contributed by atoms with Crippen molar-refractivity contribution in [2.45, 2.75) is 25.8 Å². The van der Waals surface area contributed by atoms with E-state index in [1.54, 1.807) is 6.92 Å². The Hall–Kier alpha value is -2.11. The molecule has 6 heteroatoms. The van der Waals surface area contributed by atoms with E-state index in [4.69, 9.17) is 5.11 Å². The zero-order valence-corrected chi connectivity index (χ0v) is 10.8. The van der Waals surface area contributed by atoms with Gasteiger partial charge in [-0.05, 0) is 31.5 Å². The molecule has 0 heterocycles. The van der Waals surface area contributed by atoms with Crippen LogP contribution in [0, 0.1) is 5.82 Å². The molecule has 1 rings (SSSR count). The van der Waals surface area contributed by atoms with Crippen LogP contribution in [0.25, 0.3) is 0 Å². The van der Waals surface area contributed by atoms with Crippen molar-refractivity contribution in [1.29, 1.82) is 0 Å². The summed E-state index contributed by atoms with van der Waals surface area (Å²) in [5.74, 6) is -2.07. The molecule has 104 valence electrons. The number of aliphatic carboxylic acids is 1. The number of ether oxygens (including phenoxy) is 1. The average Bonchev–Trinajstić information content (AvgIpc) is 2.37. The van der Waals surface area contributed by atoms with Crippen LogP contribution in [0.1, 0.15) is 30.1 Å². The summed E-state index contributed by atoms with van der Waals surface area (Å²) in [6.45, 7) is 1.79. The minimum Gasteiger partial charge on any atom is -0.481 e. The molecule has 5 nitrogen and oxygen atoms in total. The van der Waals surface area contributed by atoms with Crippen molar-refractivity contribution in [3.05, 3.63) is 29.6 Å². The maximum absolute atomic E-state index is 13.1. The number of carbonyl (C=O) groups excluding carboxylic acids is 1. The molecule has 0 aliphatic rings. The Morgan fingerprint density at radius 1 is 1.47 bits per heavy atom. The number of carboxylic acids is 1. The standard InChI is InChI=1S/C13H16FNO4/c1-8(3-6-12(16)17)15-11-5-4-9(14)7-10(11)13(18)19-2/h4-5,7-8,15H,3,6H2,1-2H3,(H,16,17). The van der Waals surface area contributed by atoms with Gasteiger partial charge in [-0.15, -0.1) is 0 Å². The molecule has 1 atom stereocenters. The van der Waals surface area contributed by atoms with Crippen LogP contribution in [0.15, 0.2) is 18.2 Å². The summed E-state index contributed by atoms with van der Waals surface area (Å²) in [5, 5.41) is 11.6. The smallest absolute Gasteiger partial charge is 0.340 e. The molecular weight excluding hydrogens is 253 g/mol. The fourth-order valence-corrected chi connectivity index (χ4v) is 1.60. The van der Waals surface area contributed by atoms with Crippen molar-refractivity contribution >= 4 is 17.6 Å². The van der Waals surface area contributed by atoms with Gasteiger partial charge in [-0.2, -0.15) is 0 Å². The van der Waals surface area contributed by atoms with Gasteiger partial charge >= 0.3 is 11.9 Å². The first-order valence-corrected chi connectivity index (χ1v) is 5.80. The number of hydrogen-bond acceptors (Lipinski definition) is 4. The second kappa shape index (κ2) is 6.72. The highest BCUT2D eigenvalue weighted by atomic mass is 19.1. The Morgan fingerprint density at radius 3 is 2.74 bits per heavy atom. The lowest BCUT2D eigenvalue weighted by molar-refractivity contribution is -0.137. The number of nitrogens with one attached hydrogen (secondary N) is 1. The molecule has 0 radical (unpaired) electrons. The number of carboxylic acid groups (broad SMARTS) is 1. The van der Waals surface area contributed by atoms with Crippen molar-refractivity contribution in [2.75, 3.05) is 12.4 Å². The summed E-state index contributed by atoms with van der Waals surface area (Å²) in [7, 11) is 1.21. The van der Waals surface area contributed by atoms with Crippen LogP contribution in [0.2, 0.25) is 0 Å². The predicted molar refractivity (Wildman–Crippen MR) is 67.7 cm³/mol. The summed E-state index contributed by atoms with van der Waals surface area (Å²) in [6, 6.07) is 3.57. The van der Waals surface area contributed by atoms with E-state index in [1.165, 1.54) is 19.2 Å². The molecule has 1 unspecified atom stereocenters. The zero-order valence-electron chi connectivity index (χ0n) is 10.8. The molecule has 2 N–H and O–H groups in total. The Morgan fingerprint density at radius 2 is 2.16 bits per heavy atom. The maximum Gasteiger partial charge on any atom is 0.340 e. The highest BCUT2D eigenvalue weighted by molar-refractivity contribution is 5.95. The quantitative estimate of drug-likeness (QED) is 0.775. The van der Waals surface area contributed by atoms with Gasteiger partial charge in [0.15, 0.2) is 0 Å². The first kappa shape index (κ1) is 14.9. The Balaban J connectivity index is 2.82. The monoisotopic (exact) mass is 269 g/mol. The van der Waals surface area contributed by atoms with Crippen LogP contribution in [0.3, 0.4) is 0 Å². The van der Waals surface area contributed by atoms with Crippen LogP contribution >= 0.6 is 0 Å². The fourth-order valence-electron chi connectivity index (χ4n) is 1.60. The van der Waals surface area contributed by atoms with E-state index in [9.17, 15) is 14.0 Å². The number of methoxy groups -OCH3 is 1. The minimum atomic E-state index is -0.888. The topological polar surface area (TPSA) is 75.6 Å². The Labute approximate surface area is 110 Å². The van der Waals surface area contributed by atoms with Gasteiger partial charge in [0.2, 0.25) is 0 Å². The zero-order chi connectivity index (χ0) is 14.4. The number of rotatable bonds is 6. The molecule has 0 saturated carbocycles. The molecule has 1 aromatic rings. The lowest BCUT2D eigenvalue weighted by atomic mass is 10.1. The van der Waals surface area contributed by atoms with E-state index in [0.717, 1.165) is 6.07 Å². The molecule has 0 aliphatic heterocycles. The number of carbonyl (C=O) groups is 2. The van der Waals surface area contributed by atoms with Gasteiger partial charge in [-0.25, -0.2) is 9.18 Å². The van der Waals surface area contributed by atoms with E-state index in [1.807, 2.05) is 0 Å². The van der Waals surface area contributed by atoms with Crippen LogP contribution < -0.4 is 5.32 Å². The van der Waals surface area contributed by atoms with Crippen LogP contribution in [0.4, 0.5) is 10.1 Å².